The van der Waals surface area contributed by atoms with E-state index in [4.69, 9.17) is 0 Å². The van der Waals surface area contributed by atoms with Crippen LogP contribution in [0.15, 0.2) is 4.99 Å². The monoisotopic (exact) mass is 405 g/mol. The minimum atomic E-state index is -0.00497. The third-order valence-corrected chi connectivity index (χ3v) is 6.49. The van der Waals surface area contributed by atoms with E-state index in [0.29, 0.717) is 17.9 Å². The number of nitrogens with one attached hydrogen (secondary N) is 3. The van der Waals surface area contributed by atoms with Crippen molar-refractivity contribution >= 4 is 17.8 Å². The second-order valence-corrected chi connectivity index (χ2v) is 8.85. The van der Waals surface area contributed by atoms with E-state index >= 15 is 0 Å². The lowest BCUT2D eigenvalue weighted by Gasteiger charge is -2.26. The fraction of sp³-hybridized carbons (Fsp3) is 0.864. The van der Waals surface area contributed by atoms with Gasteiger partial charge in [-0.1, -0.05) is 38.5 Å². The van der Waals surface area contributed by atoms with Crippen molar-refractivity contribution in [3.05, 3.63) is 0 Å². The Bertz CT molecular complexity index is 568. The first-order chi connectivity index (χ1) is 14.2. The van der Waals surface area contributed by atoms with Gasteiger partial charge in [0, 0.05) is 37.6 Å². The first kappa shape index (κ1) is 21.9. The van der Waals surface area contributed by atoms with E-state index in [-0.39, 0.29) is 24.4 Å². The van der Waals surface area contributed by atoms with Gasteiger partial charge >= 0.3 is 0 Å². The molecule has 0 bridgehead atoms. The molecule has 1 saturated heterocycles. The number of hydrogen-bond donors (Lipinski definition) is 3. The molecule has 3 fully saturated rings. The van der Waals surface area contributed by atoms with Crippen LogP contribution in [0.4, 0.5) is 0 Å². The molecule has 3 rings (SSSR count). The Morgan fingerprint density at radius 3 is 2.28 bits per heavy atom. The van der Waals surface area contributed by atoms with Gasteiger partial charge in [0.1, 0.15) is 6.54 Å². The van der Waals surface area contributed by atoms with Gasteiger partial charge in [-0.05, 0) is 39.0 Å². The zero-order valence-electron chi connectivity index (χ0n) is 18.0. The minimum Gasteiger partial charge on any atom is -0.357 e. The zero-order valence-corrected chi connectivity index (χ0v) is 18.0. The Morgan fingerprint density at radius 1 is 0.897 bits per heavy atom. The number of carbonyl (C=O) groups is 2. The first-order valence-electron chi connectivity index (χ1n) is 11.8. The van der Waals surface area contributed by atoms with E-state index in [1.54, 1.807) is 0 Å². The molecule has 0 aromatic carbocycles. The molecule has 2 amide bonds. The number of carbonyl (C=O) groups excluding carboxylic acids is 2. The van der Waals surface area contributed by atoms with Crippen LogP contribution in [0, 0.1) is 5.92 Å². The Balaban J connectivity index is 1.44. The molecule has 2 saturated carbocycles. The molecule has 164 valence electrons. The van der Waals surface area contributed by atoms with Crippen molar-refractivity contribution < 1.29 is 9.59 Å². The van der Waals surface area contributed by atoms with Crippen LogP contribution in [0.25, 0.3) is 0 Å². The summed E-state index contributed by atoms with van der Waals surface area (Å²) in [5.41, 5.74) is 0. The summed E-state index contributed by atoms with van der Waals surface area (Å²) < 4.78 is 0. The molecule has 3 aliphatic rings. The van der Waals surface area contributed by atoms with Crippen LogP contribution in [0.2, 0.25) is 0 Å². The van der Waals surface area contributed by atoms with Gasteiger partial charge in [0.25, 0.3) is 0 Å². The highest BCUT2D eigenvalue weighted by Crippen LogP contribution is 2.26. The fourth-order valence-electron chi connectivity index (χ4n) is 4.87. The highest BCUT2D eigenvalue weighted by molar-refractivity contribution is 5.85. The number of guanidine groups is 1. The van der Waals surface area contributed by atoms with E-state index in [9.17, 15) is 9.59 Å². The van der Waals surface area contributed by atoms with Crippen molar-refractivity contribution in [1.82, 2.24) is 20.9 Å². The van der Waals surface area contributed by atoms with E-state index in [0.717, 1.165) is 51.7 Å². The van der Waals surface area contributed by atoms with Gasteiger partial charge in [-0.15, -0.1) is 0 Å². The molecule has 1 atom stereocenters. The summed E-state index contributed by atoms with van der Waals surface area (Å²) in [5.74, 6) is 1.23. The van der Waals surface area contributed by atoms with Gasteiger partial charge in [-0.25, -0.2) is 4.99 Å². The van der Waals surface area contributed by atoms with E-state index in [2.05, 4.69) is 20.9 Å². The van der Waals surface area contributed by atoms with Crippen molar-refractivity contribution in [3.63, 3.8) is 0 Å². The third kappa shape index (κ3) is 6.89. The lowest BCUT2D eigenvalue weighted by Crippen LogP contribution is -2.46. The largest absolute Gasteiger partial charge is 0.357 e. The Labute approximate surface area is 175 Å². The normalized spacial score (nSPS) is 24.4. The van der Waals surface area contributed by atoms with Gasteiger partial charge < -0.3 is 20.9 Å². The standard InChI is InChI=1S/C22H39N5O2/c1-2-23-22(24-15-20(28)25-18-11-7-4-8-12-18)26-19-13-14-27(16-19)21(29)17-9-5-3-6-10-17/h17-19H,2-16H2,1H3,(H,25,28)(H2,23,24,26). The van der Waals surface area contributed by atoms with Crippen LogP contribution in [0.1, 0.15) is 77.6 Å². The SMILES string of the molecule is CCNC(=NCC(=O)NC1CCCCC1)NC1CCN(C(=O)C2CCCCC2)C1. The first-order valence-corrected chi connectivity index (χ1v) is 11.8. The molecule has 0 aromatic rings. The maximum atomic E-state index is 12.8. The quantitative estimate of drug-likeness (QED) is 0.467. The average molecular weight is 406 g/mol. The van der Waals surface area contributed by atoms with Crippen LogP contribution in [0.5, 0.6) is 0 Å². The highest BCUT2D eigenvalue weighted by Gasteiger charge is 2.31. The summed E-state index contributed by atoms with van der Waals surface area (Å²) >= 11 is 0. The van der Waals surface area contributed by atoms with Gasteiger partial charge in [0.15, 0.2) is 5.96 Å². The number of aliphatic imine (C=N–C) groups is 1. The molecule has 2 aliphatic carbocycles. The molecule has 7 nitrogen and oxygen atoms in total. The molecule has 29 heavy (non-hydrogen) atoms. The second-order valence-electron chi connectivity index (χ2n) is 8.85. The van der Waals surface area contributed by atoms with Crippen LogP contribution < -0.4 is 16.0 Å². The Kier molecular flexibility index (Phi) is 8.62. The Hall–Kier alpha value is -1.79. The molecule has 0 spiro atoms. The fourth-order valence-corrected chi connectivity index (χ4v) is 4.87. The predicted molar refractivity (Wildman–Crippen MR) is 116 cm³/mol. The molecule has 1 heterocycles. The van der Waals surface area contributed by atoms with Gasteiger partial charge in [-0.2, -0.15) is 0 Å². The van der Waals surface area contributed by atoms with Crippen LogP contribution in [0.3, 0.4) is 0 Å². The predicted octanol–water partition coefficient (Wildman–Crippen LogP) is 2.17. The van der Waals surface area contributed by atoms with Gasteiger partial charge in [0.05, 0.1) is 0 Å². The van der Waals surface area contributed by atoms with E-state index < -0.39 is 0 Å². The Morgan fingerprint density at radius 2 is 1.59 bits per heavy atom. The second kappa shape index (κ2) is 11.4. The smallest absolute Gasteiger partial charge is 0.242 e. The molecule has 1 unspecified atom stereocenters. The maximum Gasteiger partial charge on any atom is 0.242 e. The number of rotatable bonds is 6. The van der Waals surface area contributed by atoms with Crippen molar-refractivity contribution in [1.29, 1.82) is 0 Å². The number of hydrogen-bond acceptors (Lipinski definition) is 3. The molecule has 1 aliphatic heterocycles. The number of amides is 2. The minimum absolute atomic E-state index is 0.00497. The van der Waals surface area contributed by atoms with Crippen molar-refractivity contribution in [3.8, 4) is 0 Å². The number of nitrogens with zero attached hydrogens (tertiary/aromatic N) is 2. The summed E-state index contributed by atoms with van der Waals surface area (Å²) in [6, 6.07) is 0.512. The van der Waals surface area contributed by atoms with Gasteiger partial charge in [0.2, 0.25) is 11.8 Å². The lowest BCUT2D eigenvalue weighted by molar-refractivity contribution is -0.135. The van der Waals surface area contributed by atoms with E-state index in [1.165, 1.54) is 38.5 Å². The zero-order chi connectivity index (χ0) is 20.5. The maximum absolute atomic E-state index is 12.8. The van der Waals surface area contributed by atoms with Crippen molar-refractivity contribution in [2.45, 2.75) is 89.6 Å². The summed E-state index contributed by atoms with van der Waals surface area (Å²) in [5, 5.41) is 9.77. The average Bonchev–Trinajstić information content (AvgIpc) is 3.21. The summed E-state index contributed by atoms with van der Waals surface area (Å²) in [7, 11) is 0. The third-order valence-electron chi connectivity index (χ3n) is 6.49. The van der Waals surface area contributed by atoms with Crippen LogP contribution >= 0.6 is 0 Å². The van der Waals surface area contributed by atoms with Crippen LogP contribution in [-0.2, 0) is 9.59 Å². The van der Waals surface area contributed by atoms with Crippen molar-refractivity contribution in [2.24, 2.45) is 10.9 Å². The molecule has 0 radical (unpaired) electrons. The lowest BCUT2D eigenvalue weighted by atomic mass is 9.88. The van der Waals surface area contributed by atoms with Crippen LogP contribution in [-0.4, -0.2) is 60.9 Å². The van der Waals surface area contributed by atoms with Gasteiger partial charge in [-0.3, -0.25) is 9.59 Å². The summed E-state index contributed by atoms with van der Waals surface area (Å²) in [4.78, 5) is 31.5. The molecule has 3 N–H and O–H groups in total. The highest BCUT2D eigenvalue weighted by atomic mass is 16.2. The molecule has 7 heteroatoms. The van der Waals surface area contributed by atoms with E-state index in [1.807, 2.05) is 11.8 Å². The molecular weight excluding hydrogens is 366 g/mol. The van der Waals surface area contributed by atoms with Crippen molar-refractivity contribution in [2.75, 3.05) is 26.2 Å². The topological polar surface area (TPSA) is 85.8 Å². The molecule has 0 aromatic heterocycles. The molecular formula is C22H39N5O2. The summed E-state index contributed by atoms with van der Waals surface area (Å²) in [6.45, 7) is 4.45. The number of likely N-dealkylation sites (tertiary alicyclic amines) is 1. The summed E-state index contributed by atoms with van der Waals surface area (Å²) in [6.07, 6.45) is 12.5.